The minimum Gasteiger partial charge on any atom is -0.0530 e. The van der Waals surface area contributed by atoms with Crippen LogP contribution < -0.4 is 0 Å². The van der Waals surface area contributed by atoms with Crippen LogP contribution in [-0.2, 0) is 0 Å². The highest BCUT2D eigenvalue weighted by atomic mass is 31.2. The monoisotopic (exact) mass is 645 g/mol. The third-order valence-electron chi connectivity index (χ3n) is 15.4. The zero-order valence-corrected chi connectivity index (χ0v) is 31.6. The summed E-state index contributed by atoms with van der Waals surface area (Å²) in [5.41, 5.74) is 7.19. The predicted octanol–water partition coefficient (Wildman–Crippen LogP) is 14.6. The molecule has 0 unspecified atom stereocenters. The van der Waals surface area contributed by atoms with Crippen LogP contribution in [0, 0.1) is 0 Å². The van der Waals surface area contributed by atoms with Crippen LogP contribution in [0.5, 0.6) is 0 Å². The zero-order chi connectivity index (χ0) is 29.9. The van der Waals surface area contributed by atoms with Crippen LogP contribution in [0.15, 0.2) is 0 Å². The Bertz CT molecular complexity index is 612. The van der Waals surface area contributed by atoms with Crippen LogP contribution in [0.4, 0.5) is 0 Å². The van der Waals surface area contributed by atoms with E-state index in [9.17, 15) is 0 Å². The van der Waals surface area contributed by atoms with Gasteiger partial charge in [-0.2, -0.15) is 0 Å². The summed E-state index contributed by atoms with van der Waals surface area (Å²) < 4.78 is 0. The summed E-state index contributed by atoms with van der Waals surface area (Å²) in [6.45, 7) is 0. The Labute approximate surface area is 278 Å². The first-order valence-corrected chi connectivity index (χ1v) is 25.9. The van der Waals surface area contributed by atoms with Gasteiger partial charge in [0.15, 0.2) is 0 Å². The van der Waals surface area contributed by atoms with Crippen LogP contribution in [0.25, 0.3) is 0 Å². The molecule has 2 heteroatoms. The summed E-state index contributed by atoms with van der Waals surface area (Å²) in [5.74, 6) is 0. The Morgan fingerprint density at radius 1 is 0.227 bits per heavy atom. The number of rotatable bonds is 13. The van der Waals surface area contributed by atoms with E-state index in [0.717, 1.165) is 0 Å². The Balaban J connectivity index is 1.13. The largest absolute Gasteiger partial charge is 0.0703 e. The molecular weight excluding hydrogens is 566 g/mol. The number of hydrogen-bond donors (Lipinski definition) is 0. The van der Waals surface area contributed by atoms with Crippen LogP contribution in [-0.4, -0.2) is 46.3 Å². The Kier molecular flexibility index (Phi) is 14.2. The van der Waals surface area contributed by atoms with Crippen molar-refractivity contribution >= 4 is 14.5 Å². The maximum atomic E-state index is 1.75. The maximum Gasteiger partial charge on any atom is 0.0703 e. The Morgan fingerprint density at radius 3 is 0.591 bits per heavy atom. The van der Waals surface area contributed by atoms with Gasteiger partial charge >= 0.3 is 0 Å². The molecule has 0 atom stereocenters. The van der Waals surface area contributed by atoms with Crippen LogP contribution in [0.3, 0.4) is 0 Å². The van der Waals surface area contributed by atoms with E-state index >= 15 is 0 Å². The fourth-order valence-electron chi connectivity index (χ4n) is 13.4. The highest BCUT2D eigenvalue weighted by molar-refractivity contribution is 7.78. The van der Waals surface area contributed by atoms with Gasteiger partial charge in [0.05, 0.1) is 46.3 Å². The van der Waals surface area contributed by atoms with E-state index in [0.29, 0.717) is 0 Å². The van der Waals surface area contributed by atoms with Gasteiger partial charge in [-0.1, -0.05) is 38.5 Å². The van der Waals surface area contributed by atoms with Gasteiger partial charge in [0, 0.05) is 14.5 Å². The molecule has 6 saturated carbocycles. The van der Waals surface area contributed by atoms with E-state index in [4.69, 9.17) is 0 Å². The van der Waals surface area contributed by atoms with E-state index in [1.807, 2.05) is 0 Å². The van der Waals surface area contributed by atoms with E-state index in [1.54, 1.807) is 231 Å². The van der Waals surface area contributed by atoms with E-state index < -0.39 is 14.5 Å². The van der Waals surface area contributed by atoms with Gasteiger partial charge in [0.2, 0.25) is 0 Å². The molecule has 6 aliphatic carbocycles. The van der Waals surface area contributed by atoms with Gasteiger partial charge in [0.25, 0.3) is 0 Å². The lowest BCUT2D eigenvalue weighted by Gasteiger charge is -2.49. The second kappa shape index (κ2) is 18.0. The molecule has 6 rings (SSSR count). The van der Waals surface area contributed by atoms with Gasteiger partial charge in [-0.05, 0) is 180 Å². The number of hydrogen-bond acceptors (Lipinski definition) is 0. The lowest BCUT2D eigenvalue weighted by molar-refractivity contribution is 0.448. The van der Waals surface area contributed by atoms with Gasteiger partial charge in [-0.15, -0.1) is 0 Å². The fourth-order valence-corrected chi connectivity index (χ4v) is 28.7. The fraction of sp³-hybridized carbons (Fsp3) is 1.00. The summed E-state index contributed by atoms with van der Waals surface area (Å²) in [4.78, 5) is 0. The quantitative estimate of drug-likeness (QED) is 0.138. The smallest absolute Gasteiger partial charge is 0.0530 e. The van der Waals surface area contributed by atoms with Crippen molar-refractivity contribution in [3.8, 4) is 0 Å². The van der Waals surface area contributed by atoms with Crippen LogP contribution in [0.2, 0.25) is 0 Å². The average Bonchev–Trinajstić information content (AvgIpc) is 3.12. The van der Waals surface area contributed by atoms with Crippen molar-refractivity contribution < 1.29 is 0 Å². The van der Waals surface area contributed by atoms with Crippen molar-refractivity contribution in [1.29, 1.82) is 0 Å². The molecule has 254 valence electrons. The van der Waals surface area contributed by atoms with Crippen molar-refractivity contribution in [2.75, 3.05) is 12.3 Å². The minimum absolute atomic E-state index is 0.863. The maximum absolute atomic E-state index is 1.75. The summed E-state index contributed by atoms with van der Waals surface area (Å²) >= 11 is 0. The van der Waals surface area contributed by atoms with Crippen molar-refractivity contribution in [3.05, 3.63) is 0 Å². The molecule has 0 radical (unpaired) electrons. The first kappa shape index (κ1) is 34.7. The van der Waals surface area contributed by atoms with Crippen LogP contribution in [0.1, 0.15) is 218 Å². The molecule has 0 nitrogen and oxygen atoms in total. The Morgan fingerprint density at radius 2 is 0.409 bits per heavy atom. The van der Waals surface area contributed by atoms with Gasteiger partial charge in [0.1, 0.15) is 0 Å². The SMILES string of the molecule is C1CCC([P+](CCCCCC[P+](C2CCCCC2)(C2CCCCC2)C2CCCCC2)(C2CCCCC2)C2CCCCC2)CC1. The molecule has 0 aromatic rings. The van der Waals surface area contributed by atoms with E-state index in [2.05, 4.69) is 0 Å². The summed E-state index contributed by atoms with van der Waals surface area (Å²) in [6, 6.07) is 0. The molecule has 0 aliphatic heterocycles. The van der Waals surface area contributed by atoms with Crippen molar-refractivity contribution in [2.24, 2.45) is 0 Å². The van der Waals surface area contributed by atoms with Crippen molar-refractivity contribution in [3.63, 3.8) is 0 Å². The molecular formula is C42H78P2+2. The zero-order valence-electron chi connectivity index (χ0n) is 29.8. The second-order valence-corrected chi connectivity index (χ2v) is 26.9. The van der Waals surface area contributed by atoms with E-state index in [1.165, 1.54) is 34.0 Å². The lowest BCUT2D eigenvalue weighted by atomic mass is 9.99. The van der Waals surface area contributed by atoms with Gasteiger partial charge in [-0.25, -0.2) is 0 Å². The van der Waals surface area contributed by atoms with Gasteiger partial charge in [-0.3, -0.25) is 0 Å². The highest BCUT2D eigenvalue weighted by Gasteiger charge is 2.58. The molecule has 0 N–H and O–H groups in total. The molecule has 6 fully saturated rings. The topological polar surface area (TPSA) is 0 Å². The molecule has 44 heavy (non-hydrogen) atoms. The minimum atomic E-state index is -0.863. The third kappa shape index (κ3) is 8.17. The van der Waals surface area contributed by atoms with Crippen LogP contribution >= 0.6 is 14.5 Å². The standard InChI is InChI=1S/C42H78P2/c1(21-35-43(37-23-9-3-10-24-37,38-25-11-4-12-26-38)39-27-13-5-14-28-39)2-22-36-44(40-29-15-6-16-30-40,41-31-17-7-18-32-41)42-33-19-8-20-34-42/h37-42H,1-36H2/q+2. The molecule has 0 aromatic heterocycles. The second-order valence-electron chi connectivity index (χ2n) is 17.6. The summed E-state index contributed by atoms with van der Waals surface area (Å²) in [6.07, 6.45) is 58.1. The van der Waals surface area contributed by atoms with Crippen molar-refractivity contribution in [2.45, 2.75) is 252 Å². The summed E-state index contributed by atoms with van der Waals surface area (Å²) in [7, 11) is -1.73. The first-order chi connectivity index (χ1) is 21.8. The molecule has 0 spiro atoms. The highest BCUT2D eigenvalue weighted by Crippen LogP contribution is 2.79. The first-order valence-electron chi connectivity index (χ1n) is 21.6. The number of unbranched alkanes of at least 4 members (excludes halogenated alkanes) is 3. The third-order valence-corrected chi connectivity index (χ3v) is 28.8. The Hall–Kier alpha value is 0.860. The van der Waals surface area contributed by atoms with Gasteiger partial charge < -0.3 is 0 Å². The molecule has 0 amide bonds. The molecule has 0 bridgehead atoms. The summed E-state index contributed by atoms with van der Waals surface area (Å²) in [5, 5.41) is 0. The normalized spacial score (nSPS) is 27.5. The van der Waals surface area contributed by atoms with Crippen molar-refractivity contribution in [1.82, 2.24) is 0 Å². The molecule has 0 heterocycles. The molecule has 0 saturated heterocycles. The molecule has 0 aromatic carbocycles. The average molecular weight is 645 g/mol. The predicted molar refractivity (Wildman–Crippen MR) is 203 cm³/mol. The lowest BCUT2D eigenvalue weighted by Crippen LogP contribution is -2.38. The molecule has 6 aliphatic rings. The van der Waals surface area contributed by atoms with E-state index in [-0.39, 0.29) is 0 Å².